The minimum Gasteiger partial charge on any atom is -0.212 e. The van der Waals surface area contributed by atoms with Gasteiger partial charge in [0.25, 0.3) is 0 Å². The van der Waals surface area contributed by atoms with E-state index in [2.05, 4.69) is 0 Å². The van der Waals surface area contributed by atoms with Gasteiger partial charge in [-0.1, -0.05) is 17.7 Å². The Balaban J connectivity index is 2.25. The predicted octanol–water partition coefficient (Wildman–Crippen LogP) is 1.35. The largest absolute Gasteiger partial charge is 0.243 e. The molecule has 1 fully saturated rings. The highest BCUT2D eigenvalue weighted by Gasteiger charge is 2.30. The Bertz CT molecular complexity index is 773. The Hall–Kier alpha value is -0.960. The SMILES string of the molecule is CCS(=O)(=O)N1CCCN(S(=O)(=O)c2ccc(C)cc2C)CC1. The van der Waals surface area contributed by atoms with Crippen LogP contribution in [0.1, 0.15) is 24.5 Å². The van der Waals surface area contributed by atoms with Crippen LogP contribution in [-0.2, 0) is 20.0 Å². The minimum atomic E-state index is -3.60. The van der Waals surface area contributed by atoms with Gasteiger partial charge in [0.2, 0.25) is 20.0 Å². The first kappa shape index (κ1) is 18.4. The summed E-state index contributed by atoms with van der Waals surface area (Å²) in [6.07, 6.45) is 0.503. The molecule has 1 saturated heterocycles. The third-order valence-electron chi connectivity index (χ3n) is 4.12. The molecule has 1 aromatic carbocycles. The van der Waals surface area contributed by atoms with Gasteiger partial charge in [-0.25, -0.2) is 21.1 Å². The van der Waals surface area contributed by atoms with Crippen LogP contribution in [0.4, 0.5) is 0 Å². The molecule has 8 heteroatoms. The van der Waals surface area contributed by atoms with E-state index in [0.29, 0.717) is 30.0 Å². The number of hydrogen-bond donors (Lipinski definition) is 0. The molecule has 0 spiro atoms. The van der Waals surface area contributed by atoms with E-state index in [1.807, 2.05) is 13.0 Å². The molecule has 0 amide bonds. The van der Waals surface area contributed by atoms with Gasteiger partial charge in [-0.05, 0) is 38.8 Å². The molecule has 0 saturated carbocycles. The zero-order valence-electron chi connectivity index (χ0n) is 13.8. The smallest absolute Gasteiger partial charge is 0.212 e. The Kier molecular flexibility index (Phi) is 5.50. The number of benzene rings is 1. The minimum absolute atomic E-state index is 0.0385. The molecular weight excluding hydrogens is 336 g/mol. The molecule has 0 atom stereocenters. The Morgan fingerprint density at radius 1 is 0.957 bits per heavy atom. The van der Waals surface area contributed by atoms with Gasteiger partial charge in [-0.2, -0.15) is 4.31 Å². The Morgan fingerprint density at radius 3 is 2.17 bits per heavy atom. The normalized spacial score (nSPS) is 18.7. The third-order valence-corrected chi connectivity index (χ3v) is 8.06. The quantitative estimate of drug-likeness (QED) is 0.812. The maximum atomic E-state index is 12.9. The van der Waals surface area contributed by atoms with Gasteiger partial charge < -0.3 is 0 Å². The summed E-state index contributed by atoms with van der Waals surface area (Å²) in [5, 5.41) is 0. The van der Waals surface area contributed by atoms with Crippen LogP contribution in [0.25, 0.3) is 0 Å². The molecule has 0 aromatic heterocycles. The number of hydrogen-bond acceptors (Lipinski definition) is 4. The summed E-state index contributed by atoms with van der Waals surface area (Å²) in [5.41, 5.74) is 1.73. The molecule has 1 heterocycles. The molecule has 0 radical (unpaired) electrons. The van der Waals surface area contributed by atoms with Gasteiger partial charge in [-0.15, -0.1) is 0 Å². The zero-order chi connectivity index (χ0) is 17.3. The number of nitrogens with zero attached hydrogens (tertiary/aromatic N) is 2. The fraction of sp³-hybridized carbons (Fsp3) is 0.600. The lowest BCUT2D eigenvalue weighted by atomic mass is 10.2. The van der Waals surface area contributed by atoms with E-state index < -0.39 is 20.0 Å². The van der Waals surface area contributed by atoms with E-state index >= 15 is 0 Å². The molecule has 0 bridgehead atoms. The van der Waals surface area contributed by atoms with Crippen LogP contribution in [0, 0.1) is 13.8 Å². The van der Waals surface area contributed by atoms with Crippen LogP contribution in [0.5, 0.6) is 0 Å². The summed E-state index contributed by atoms with van der Waals surface area (Å²) in [4.78, 5) is 0.301. The molecule has 6 nitrogen and oxygen atoms in total. The summed E-state index contributed by atoms with van der Waals surface area (Å²) in [5.74, 6) is 0.0385. The van der Waals surface area contributed by atoms with Crippen molar-refractivity contribution in [3.63, 3.8) is 0 Å². The van der Waals surface area contributed by atoms with Gasteiger partial charge in [0, 0.05) is 26.2 Å². The summed E-state index contributed by atoms with van der Waals surface area (Å²) in [7, 11) is -6.88. The highest BCUT2D eigenvalue weighted by atomic mass is 32.2. The molecular formula is C15H24N2O4S2. The average molecular weight is 361 g/mol. The van der Waals surface area contributed by atoms with E-state index in [0.717, 1.165) is 5.56 Å². The average Bonchev–Trinajstić information content (AvgIpc) is 2.73. The lowest BCUT2D eigenvalue weighted by molar-refractivity contribution is 0.405. The molecule has 1 aliphatic rings. The fourth-order valence-corrected chi connectivity index (χ4v) is 5.61. The van der Waals surface area contributed by atoms with Gasteiger partial charge in [0.15, 0.2) is 0 Å². The summed E-state index contributed by atoms with van der Waals surface area (Å²) >= 11 is 0. The molecule has 130 valence electrons. The summed E-state index contributed by atoms with van der Waals surface area (Å²) in [6.45, 7) is 6.41. The highest BCUT2D eigenvalue weighted by molar-refractivity contribution is 7.89. The van der Waals surface area contributed by atoms with Crippen molar-refractivity contribution in [1.29, 1.82) is 0 Å². The van der Waals surface area contributed by atoms with Crippen molar-refractivity contribution in [3.05, 3.63) is 29.3 Å². The van der Waals surface area contributed by atoms with Crippen LogP contribution in [0.2, 0.25) is 0 Å². The second kappa shape index (κ2) is 6.88. The number of aryl methyl sites for hydroxylation is 2. The van der Waals surface area contributed by atoms with Crippen molar-refractivity contribution in [3.8, 4) is 0 Å². The first-order valence-corrected chi connectivity index (χ1v) is 10.8. The number of sulfonamides is 2. The van der Waals surface area contributed by atoms with Crippen molar-refractivity contribution in [2.24, 2.45) is 0 Å². The maximum Gasteiger partial charge on any atom is 0.243 e. The van der Waals surface area contributed by atoms with Crippen molar-refractivity contribution >= 4 is 20.0 Å². The van der Waals surface area contributed by atoms with E-state index in [4.69, 9.17) is 0 Å². The van der Waals surface area contributed by atoms with Crippen LogP contribution in [-0.4, -0.2) is 57.4 Å². The lowest BCUT2D eigenvalue weighted by Crippen LogP contribution is -2.38. The Morgan fingerprint density at radius 2 is 1.57 bits per heavy atom. The molecule has 0 unspecified atom stereocenters. The fourth-order valence-electron chi connectivity index (χ4n) is 2.80. The van der Waals surface area contributed by atoms with Gasteiger partial charge in [0.1, 0.15) is 0 Å². The van der Waals surface area contributed by atoms with E-state index in [1.165, 1.54) is 8.61 Å². The third kappa shape index (κ3) is 3.93. The zero-order valence-corrected chi connectivity index (χ0v) is 15.5. The second-order valence-corrected chi connectivity index (χ2v) is 9.99. The lowest BCUT2D eigenvalue weighted by Gasteiger charge is -2.22. The first-order valence-electron chi connectivity index (χ1n) is 7.73. The van der Waals surface area contributed by atoms with Crippen LogP contribution >= 0.6 is 0 Å². The molecule has 1 aromatic rings. The van der Waals surface area contributed by atoms with E-state index in [9.17, 15) is 16.8 Å². The molecule has 1 aliphatic heterocycles. The highest BCUT2D eigenvalue weighted by Crippen LogP contribution is 2.22. The monoisotopic (exact) mass is 360 g/mol. The van der Waals surface area contributed by atoms with Crippen LogP contribution in [0.15, 0.2) is 23.1 Å². The van der Waals surface area contributed by atoms with Crippen molar-refractivity contribution < 1.29 is 16.8 Å². The van der Waals surface area contributed by atoms with Crippen LogP contribution < -0.4 is 0 Å². The van der Waals surface area contributed by atoms with Gasteiger partial charge in [-0.3, -0.25) is 0 Å². The van der Waals surface area contributed by atoms with E-state index in [1.54, 1.807) is 26.0 Å². The van der Waals surface area contributed by atoms with Gasteiger partial charge >= 0.3 is 0 Å². The summed E-state index contributed by atoms with van der Waals surface area (Å²) < 4.78 is 52.5. The van der Waals surface area contributed by atoms with Crippen molar-refractivity contribution in [1.82, 2.24) is 8.61 Å². The van der Waals surface area contributed by atoms with E-state index in [-0.39, 0.29) is 18.8 Å². The first-order chi connectivity index (χ1) is 10.7. The summed E-state index contributed by atoms with van der Waals surface area (Å²) in [6, 6.07) is 5.26. The molecule has 0 N–H and O–H groups in total. The molecule has 23 heavy (non-hydrogen) atoms. The Labute approximate surface area is 139 Å². The standard InChI is InChI=1S/C15H24N2O4S2/c1-4-22(18,19)16-8-5-9-17(11-10-16)23(20,21)15-7-6-13(2)12-14(15)3/h6-7,12H,4-5,8-11H2,1-3H3. The second-order valence-electron chi connectivity index (χ2n) is 5.83. The maximum absolute atomic E-state index is 12.9. The topological polar surface area (TPSA) is 74.8 Å². The molecule has 2 rings (SSSR count). The predicted molar refractivity (Wildman–Crippen MR) is 90.3 cm³/mol. The van der Waals surface area contributed by atoms with Gasteiger partial charge in [0.05, 0.1) is 10.6 Å². The van der Waals surface area contributed by atoms with Crippen molar-refractivity contribution in [2.45, 2.75) is 32.1 Å². The number of rotatable bonds is 4. The van der Waals surface area contributed by atoms with Crippen LogP contribution in [0.3, 0.4) is 0 Å². The van der Waals surface area contributed by atoms with Crippen molar-refractivity contribution in [2.75, 3.05) is 31.9 Å². The molecule has 0 aliphatic carbocycles.